The molecule has 0 bridgehead atoms. The van der Waals surface area contributed by atoms with Gasteiger partial charge in [-0.05, 0) is 47.7 Å². The molecular weight excluding hydrogens is 474 g/mol. The minimum Gasteiger partial charge on any atom is -0.492 e. The van der Waals surface area contributed by atoms with Crippen molar-refractivity contribution in [3.63, 3.8) is 0 Å². The number of nitrogens with one attached hydrogen (secondary N) is 2. The molecule has 0 unspecified atom stereocenters. The maximum absolute atomic E-state index is 13.2. The molecule has 1 heterocycles. The van der Waals surface area contributed by atoms with Gasteiger partial charge in [-0.1, -0.05) is 32.1 Å². The fourth-order valence-electron chi connectivity index (χ4n) is 3.32. The Morgan fingerprint density at radius 3 is 2.31 bits per heavy atom. The van der Waals surface area contributed by atoms with Gasteiger partial charge in [-0.15, -0.1) is 5.10 Å². The lowest BCUT2D eigenvalue weighted by molar-refractivity contribution is 0.0690. The molecular formula is C23H27N5O6S. The van der Waals surface area contributed by atoms with E-state index in [1.54, 1.807) is 37.3 Å². The molecule has 3 rings (SSSR count). The molecule has 12 heteroatoms. The molecule has 3 aromatic rings. The molecule has 0 radical (unpaired) electrons. The number of rotatable bonds is 7. The van der Waals surface area contributed by atoms with E-state index in [0.29, 0.717) is 5.69 Å². The first-order valence-corrected chi connectivity index (χ1v) is 12.4. The molecule has 0 spiro atoms. The topological polar surface area (TPSA) is 153 Å². The van der Waals surface area contributed by atoms with E-state index in [-0.39, 0.29) is 33.8 Å². The smallest absolute Gasteiger partial charge is 0.358 e. The number of benzene rings is 2. The fourth-order valence-corrected chi connectivity index (χ4v) is 3.87. The van der Waals surface area contributed by atoms with Crippen molar-refractivity contribution in [1.29, 1.82) is 0 Å². The molecule has 0 saturated heterocycles. The summed E-state index contributed by atoms with van der Waals surface area (Å²) in [5.74, 6) is -1.54. The molecule has 0 aliphatic heterocycles. The first kappa shape index (κ1) is 25.7. The van der Waals surface area contributed by atoms with E-state index in [9.17, 15) is 18.0 Å². The monoisotopic (exact) mass is 501 g/mol. The van der Waals surface area contributed by atoms with Crippen LogP contribution in [0.4, 0.5) is 11.4 Å². The molecule has 1 amide bonds. The zero-order chi connectivity index (χ0) is 26.1. The Balaban J connectivity index is 2.04. The highest BCUT2D eigenvalue weighted by Gasteiger charge is 2.23. The summed E-state index contributed by atoms with van der Waals surface area (Å²) in [6.45, 7) is 7.67. The van der Waals surface area contributed by atoms with Crippen LogP contribution in [0.1, 0.15) is 52.7 Å². The van der Waals surface area contributed by atoms with Crippen LogP contribution in [-0.4, -0.2) is 53.8 Å². The zero-order valence-electron chi connectivity index (χ0n) is 20.2. The molecule has 0 atom stereocenters. The molecule has 0 saturated carbocycles. The predicted octanol–water partition coefficient (Wildman–Crippen LogP) is 3.20. The summed E-state index contributed by atoms with van der Waals surface area (Å²) in [7, 11) is -2.24. The summed E-state index contributed by atoms with van der Waals surface area (Å²) >= 11 is 0. The number of hydrogen-bond acceptors (Lipinski definition) is 7. The quantitative estimate of drug-likeness (QED) is 0.446. The Morgan fingerprint density at radius 2 is 1.77 bits per heavy atom. The van der Waals surface area contributed by atoms with Crippen molar-refractivity contribution in [2.75, 3.05) is 23.4 Å². The van der Waals surface area contributed by atoms with Gasteiger partial charge in [-0.2, -0.15) is 0 Å². The number of carboxylic acids is 1. The number of carboxylic acid groups (broad SMARTS) is 1. The van der Waals surface area contributed by atoms with Crippen LogP contribution < -0.4 is 14.8 Å². The maximum Gasteiger partial charge on any atom is 0.358 e. The van der Waals surface area contributed by atoms with Crippen molar-refractivity contribution in [3.8, 4) is 11.4 Å². The van der Waals surface area contributed by atoms with E-state index in [0.717, 1.165) is 17.4 Å². The minimum absolute atomic E-state index is 0.159. The van der Waals surface area contributed by atoms with E-state index in [1.165, 1.54) is 18.0 Å². The van der Waals surface area contributed by atoms with Crippen LogP contribution >= 0.6 is 0 Å². The molecule has 0 fully saturated rings. The normalized spacial score (nSPS) is 11.7. The number of carbonyl (C=O) groups excluding carboxylic acids is 1. The molecule has 2 aromatic carbocycles. The van der Waals surface area contributed by atoms with Crippen molar-refractivity contribution in [3.05, 3.63) is 58.9 Å². The van der Waals surface area contributed by atoms with Gasteiger partial charge in [-0.25, -0.2) is 17.9 Å². The van der Waals surface area contributed by atoms with Gasteiger partial charge in [0.2, 0.25) is 10.0 Å². The number of amides is 1. The van der Waals surface area contributed by atoms with Crippen LogP contribution in [0, 0.1) is 6.92 Å². The maximum atomic E-state index is 13.2. The van der Waals surface area contributed by atoms with Gasteiger partial charge in [0.15, 0.2) is 11.4 Å². The van der Waals surface area contributed by atoms with Crippen LogP contribution in [0.15, 0.2) is 36.5 Å². The van der Waals surface area contributed by atoms with E-state index in [2.05, 4.69) is 20.4 Å². The number of hydrogen-bond donors (Lipinski definition) is 3. The summed E-state index contributed by atoms with van der Waals surface area (Å²) in [4.78, 5) is 24.4. The number of nitrogens with zero attached hydrogens (tertiary/aromatic N) is 3. The third-order valence-corrected chi connectivity index (χ3v) is 5.72. The Kier molecular flexibility index (Phi) is 6.88. The molecule has 0 aliphatic rings. The van der Waals surface area contributed by atoms with E-state index in [1.807, 2.05) is 20.8 Å². The summed E-state index contributed by atoms with van der Waals surface area (Å²) in [6.07, 6.45) is 2.29. The highest BCUT2D eigenvalue weighted by molar-refractivity contribution is 7.92. The van der Waals surface area contributed by atoms with E-state index in [4.69, 9.17) is 9.84 Å². The Hall–Kier alpha value is -3.93. The SMILES string of the molecule is COc1c(NC(=O)c2ccc(C)c(-n3cc(C(=O)O)nn3)c2)cc(C(C)(C)C)cc1NS(C)(=O)=O. The lowest BCUT2D eigenvalue weighted by Crippen LogP contribution is -2.18. The number of ether oxygens (including phenoxy) is 1. The number of aromatic carboxylic acids is 1. The van der Waals surface area contributed by atoms with Crippen LogP contribution in [0.2, 0.25) is 0 Å². The van der Waals surface area contributed by atoms with Crippen molar-refractivity contribution in [2.24, 2.45) is 0 Å². The molecule has 11 nitrogen and oxygen atoms in total. The second-order valence-electron chi connectivity index (χ2n) is 9.04. The Morgan fingerprint density at radius 1 is 1.11 bits per heavy atom. The van der Waals surface area contributed by atoms with Gasteiger partial charge in [0.05, 0.1) is 36.6 Å². The van der Waals surface area contributed by atoms with Gasteiger partial charge in [-0.3, -0.25) is 9.52 Å². The highest BCUT2D eigenvalue weighted by Crippen LogP contribution is 2.39. The number of aryl methyl sites for hydroxylation is 1. The van der Waals surface area contributed by atoms with Gasteiger partial charge in [0.1, 0.15) is 0 Å². The lowest BCUT2D eigenvalue weighted by atomic mass is 9.86. The number of anilines is 2. The summed E-state index contributed by atoms with van der Waals surface area (Å²) in [6, 6.07) is 8.27. The number of methoxy groups -OCH3 is 1. The zero-order valence-corrected chi connectivity index (χ0v) is 21.0. The van der Waals surface area contributed by atoms with Crippen LogP contribution in [0.3, 0.4) is 0 Å². The number of carbonyl (C=O) groups is 2. The standard InChI is InChI=1S/C23H27N5O6S/c1-13-7-8-14(9-19(13)28-12-18(22(30)31)25-27-28)21(29)24-16-10-15(23(2,3)4)11-17(20(16)34-5)26-35(6,32)33/h7-12,26H,1-6H3,(H,24,29)(H,30,31). The third-order valence-electron chi connectivity index (χ3n) is 5.13. The van der Waals surface area contributed by atoms with Crippen molar-refractivity contribution in [2.45, 2.75) is 33.1 Å². The minimum atomic E-state index is -3.61. The van der Waals surface area contributed by atoms with Crippen LogP contribution in [0.5, 0.6) is 5.75 Å². The predicted molar refractivity (Wildman–Crippen MR) is 131 cm³/mol. The first-order chi connectivity index (χ1) is 16.2. The molecule has 0 aliphatic carbocycles. The molecule has 35 heavy (non-hydrogen) atoms. The van der Waals surface area contributed by atoms with Crippen LogP contribution in [-0.2, 0) is 15.4 Å². The van der Waals surface area contributed by atoms with Gasteiger partial charge in [0.25, 0.3) is 5.91 Å². The van der Waals surface area contributed by atoms with Gasteiger partial charge < -0.3 is 15.2 Å². The average molecular weight is 502 g/mol. The van der Waals surface area contributed by atoms with Crippen molar-refractivity contribution >= 4 is 33.3 Å². The van der Waals surface area contributed by atoms with Gasteiger partial charge >= 0.3 is 5.97 Å². The van der Waals surface area contributed by atoms with Crippen LogP contribution in [0.25, 0.3) is 5.69 Å². The Labute approximate surface area is 203 Å². The Bertz CT molecular complexity index is 1410. The van der Waals surface area contributed by atoms with E-state index < -0.39 is 21.9 Å². The average Bonchev–Trinajstić information content (AvgIpc) is 3.22. The van der Waals surface area contributed by atoms with Crippen molar-refractivity contribution < 1.29 is 27.9 Å². The second kappa shape index (κ2) is 9.37. The van der Waals surface area contributed by atoms with E-state index >= 15 is 0 Å². The van der Waals surface area contributed by atoms with Gasteiger partial charge in [0, 0.05) is 5.56 Å². The lowest BCUT2D eigenvalue weighted by Gasteiger charge is -2.24. The number of sulfonamides is 1. The fraction of sp³-hybridized carbons (Fsp3) is 0.304. The summed E-state index contributed by atoms with van der Waals surface area (Å²) in [5.41, 5.74) is 2.16. The molecule has 3 N–H and O–H groups in total. The summed E-state index contributed by atoms with van der Waals surface area (Å²) < 4.78 is 33.0. The second-order valence-corrected chi connectivity index (χ2v) is 10.8. The molecule has 186 valence electrons. The largest absolute Gasteiger partial charge is 0.492 e. The van der Waals surface area contributed by atoms with Crippen molar-refractivity contribution in [1.82, 2.24) is 15.0 Å². The summed E-state index contributed by atoms with van der Waals surface area (Å²) in [5, 5.41) is 19.4. The highest BCUT2D eigenvalue weighted by atomic mass is 32.2. The number of aromatic nitrogens is 3. The first-order valence-electron chi connectivity index (χ1n) is 10.5. The third kappa shape index (κ3) is 5.96. The molecule has 1 aromatic heterocycles.